The number of pyridine rings is 1. The maximum absolute atomic E-state index is 5.81. The van der Waals surface area contributed by atoms with Crippen LogP contribution >= 0.6 is 0 Å². The van der Waals surface area contributed by atoms with E-state index in [0.717, 1.165) is 18.0 Å². The molecule has 1 aromatic heterocycles. The van der Waals surface area contributed by atoms with Gasteiger partial charge < -0.3 is 10.1 Å². The Morgan fingerprint density at radius 2 is 2.00 bits per heavy atom. The standard InChI is InChI=1S/C18H24N2O/c1-5-19-18(17-10-7-11-20-14(17)4)15-8-6-9-16(12-15)21-13(2)3/h6-13,18-19H,5H2,1-4H3. The van der Waals surface area contributed by atoms with E-state index in [-0.39, 0.29) is 12.1 Å². The summed E-state index contributed by atoms with van der Waals surface area (Å²) < 4.78 is 5.81. The smallest absolute Gasteiger partial charge is 0.120 e. The molecule has 0 aliphatic rings. The van der Waals surface area contributed by atoms with Gasteiger partial charge in [0.1, 0.15) is 5.75 Å². The summed E-state index contributed by atoms with van der Waals surface area (Å²) in [5.41, 5.74) is 3.46. The first-order chi connectivity index (χ1) is 10.1. The molecule has 1 heterocycles. The molecule has 1 unspecified atom stereocenters. The van der Waals surface area contributed by atoms with E-state index in [4.69, 9.17) is 4.74 Å². The normalized spacial score (nSPS) is 12.4. The predicted octanol–water partition coefficient (Wildman–Crippen LogP) is 3.88. The third-order valence-electron chi connectivity index (χ3n) is 3.33. The van der Waals surface area contributed by atoms with E-state index >= 15 is 0 Å². The molecule has 0 radical (unpaired) electrons. The molecule has 0 spiro atoms. The van der Waals surface area contributed by atoms with E-state index in [2.05, 4.69) is 35.4 Å². The van der Waals surface area contributed by atoms with Crippen molar-refractivity contribution in [1.29, 1.82) is 0 Å². The number of rotatable bonds is 6. The van der Waals surface area contributed by atoms with Crippen molar-refractivity contribution < 1.29 is 4.74 Å². The van der Waals surface area contributed by atoms with Gasteiger partial charge in [0, 0.05) is 11.9 Å². The first-order valence-corrected chi connectivity index (χ1v) is 7.53. The number of hydrogen-bond acceptors (Lipinski definition) is 3. The van der Waals surface area contributed by atoms with Gasteiger partial charge in [-0.1, -0.05) is 25.1 Å². The van der Waals surface area contributed by atoms with Crippen LogP contribution in [0.15, 0.2) is 42.6 Å². The maximum Gasteiger partial charge on any atom is 0.120 e. The Morgan fingerprint density at radius 3 is 2.67 bits per heavy atom. The molecule has 21 heavy (non-hydrogen) atoms. The lowest BCUT2D eigenvalue weighted by atomic mass is 9.97. The summed E-state index contributed by atoms with van der Waals surface area (Å²) in [4.78, 5) is 4.41. The molecule has 3 nitrogen and oxygen atoms in total. The Hall–Kier alpha value is -1.87. The fourth-order valence-electron chi connectivity index (χ4n) is 2.45. The second-order valence-electron chi connectivity index (χ2n) is 5.41. The van der Waals surface area contributed by atoms with Crippen LogP contribution in [0.5, 0.6) is 5.75 Å². The van der Waals surface area contributed by atoms with Crippen molar-refractivity contribution in [2.24, 2.45) is 0 Å². The summed E-state index contributed by atoms with van der Waals surface area (Å²) in [5, 5.41) is 3.54. The largest absolute Gasteiger partial charge is 0.491 e. The van der Waals surface area contributed by atoms with Crippen LogP contribution in [0.3, 0.4) is 0 Å². The molecule has 3 heteroatoms. The predicted molar refractivity (Wildman–Crippen MR) is 86.7 cm³/mol. The minimum Gasteiger partial charge on any atom is -0.491 e. The molecular weight excluding hydrogens is 260 g/mol. The third-order valence-corrected chi connectivity index (χ3v) is 3.33. The highest BCUT2D eigenvalue weighted by Crippen LogP contribution is 2.27. The van der Waals surface area contributed by atoms with E-state index in [1.54, 1.807) is 0 Å². The number of aryl methyl sites for hydroxylation is 1. The number of nitrogens with zero attached hydrogens (tertiary/aromatic N) is 1. The second kappa shape index (κ2) is 7.23. The zero-order valence-corrected chi connectivity index (χ0v) is 13.3. The molecule has 2 rings (SSSR count). The average molecular weight is 284 g/mol. The first-order valence-electron chi connectivity index (χ1n) is 7.53. The quantitative estimate of drug-likeness (QED) is 0.874. The topological polar surface area (TPSA) is 34.1 Å². The fraction of sp³-hybridized carbons (Fsp3) is 0.389. The summed E-state index contributed by atoms with van der Waals surface area (Å²) in [5.74, 6) is 0.909. The zero-order chi connectivity index (χ0) is 15.2. The van der Waals surface area contributed by atoms with Crippen LogP contribution in [0.1, 0.15) is 43.6 Å². The van der Waals surface area contributed by atoms with Crippen molar-refractivity contribution in [3.8, 4) is 5.75 Å². The van der Waals surface area contributed by atoms with Gasteiger partial charge in [-0.2, -0.15) is 0 Å². The van der Waals surface area contributed by atoms with Gasteiger partial charge in [-0.25, -0.2) is 0 Å². The van der Waals surface area contributed by atoms with Crippen molar-refractivity contribution in [2.45, 2.75) is 39.8 Å². The number of ether oxygens (including phenoxy) is 1. The minimum absolute atomic E-state index is 0.138. The van der Waals surface area contributed by atoms with Gasteiger partial charge in [0.2, 0.25) is 0 Å². The van der Waals surface area contributed by atoms with Crippen LogP contribution < -0.4 is 10.1 Å². The Labute approximate surface area is 127 Å². The number of aromatic nitrogens is 1. The highest BCUT2D eigenvalue weighted by Gasteiger charge is 2.16. The molecule has 0 amide bonds. The van der Waals surface area contributed by atoms with E-state index in [0.29, 0.717) is 0 Å². The number of nitrogens with one attached hydrogen (secondary N) is 1. The van der Waals surface area contributed by atoms with E-state index in [1.807, 2.05) is 45.2 Å². The molecule has 2 aromatic rings. The van der Waals surface area contributed by atoms with Crippen LogP contribution in [0.25, 0.3) is 0 Å². The molecule has 0 bridgehead atoms. The van der Waals surface area contributed by atoms with Crippen molar-refractivity contribution in [2.75, 3.05) is 6.54 Å². The molecular formula is C18H24N2O. The average Bonchev–Trinajstić information content (AvgIpc) is 2.45. The lowest BCUT2D eigenvalue weighted by molar-refractivity contribution is 0.242. The highest BCUT2D eigenvalue weighted by atomic mass is 16.5. The van der Waals surface area contributed by atoms with Crippen LogP contribution in [-0.4, -0.2) is 17.6 Å². The second-order valence-corrected chi connectivity index (χ2v) is 5.41. The SMILES string of the molecule is CCNC(c1cccc(OC(C)C)c1)c1cccnc1C. The molecule has 0 aliphatic carbocycles. The van der Waals surface area contributed by atoms with Crippen LogP contribution in [0, 0.1) is 6.92 Å². The highest BCUT2D eigenvalue weighted by molar-refractivity contribution is 5.38. The Kier molecular flexibility index (Phi) is 5.34. The molecule has 0 aliphatic heterocycles. The van der Waals surface area contributed by atoms with Crippen molar-refractivity contribution in [3.63, 3.8) is 0 Å². The molecule has 0 saturated carbocycles. The third kappa shape index (κ3) is 4.05. The van der Waals surface area contributed by atoms with Crippen molar-refractivity contribution in [3.05, 3.63) is 59.4 Å². The monoisotopic (exact) mass is 284 g/mol. The van der Waals surface area contributed by atoms with Gasteiger partial charge in [0.15, 0.2) is 0 Å². The summed E-state index contributed by atoms with van der Waals surface area (Å²) in [6.07, 6.45) is 2.01. The molecule has 0 fully saturated rings. The van der Waals surface area contributed by atoms with Crippen molar-refractivity contribution in [1.82, 2.24) is 10.3 Å². The van der Waals surface area contributed by atoms with Crippen LogP contribution in [0.4, 0.5) is 0 Å². The summed E-state index contributed by atoms with van der Waals surface area (Å²) in [6.45, 7) is 9.15. The van der Waals surface area contributed by atoms with Gasteiger partial charge >= 0.3 is 0 Å². The van der Waals surface area contributed by atoms with Crippen LogP contribution in [-0.2, 0) is 0 Å². The van der Waals surface area contributed by atoms with Crippen LogP contribution in [0.2, 0.25) is 0 Å². The Bertz CT molecular complexity index is 581. The minimum atomic E-state index is 0.138. The first kappa shape index (κ1) is 15.5. The number of hydrogen-bond donors (Lipinski definition) is 1. The molecule has 1 aromatic carbocycles. The fourth-order valence-corrected chi connectivity index (χ4v) is 2.45. The molecule has 112 valence electrons. The Balaban J connectivity index is 2.36. The maximum atomic E-state index is 5.81. The van der Waals surface area contributed by atoms with Crippen molar-refractivity contribution >= 4 is 0 Å². The van der Waals surface area contributed by atoms with E-state index in [1.165, 1.54) is 11.1 Å². The Morgan fingerprint density at radius 1 is 1.19 bits per heavy atom. The molecule has 1 atom stereocenters. The summed E-state index contributed by atoms with van der Waals surface area (Å²) in [6, 6.07) is 12.5. The van der Waals surface area contributed by atoms with Gasteiger partial charge in [-0.05, 0) is 56.6 Å². The van der Waals surface area contributed by atoms with Gasteiger partial charge in [-0.15, -0.1) is 0 Å². The molecule has 0 saturated heterocycles. The van der Waals surface area contributed by atoms with Gasteiger partial charge in [0.05, 0.1) is 12.1 Å². The number of benzene rings is 1. The van der Waals surface area contributed by atoms with Gasteiger partial charge in [0.25, 0.3) is 0 Å². The lowest BCUT2D eigenvalue weighted by Crippen LogP contribution is -2.23. The summed E-state index contributed by atoms with van der Waals surface area (Å²) >= 11 is 0. The lowest BCUT2D eigenvalue weighted by Gasteiger charge is -2.21. The van der Waals surface area contributed by atoms with E-state index in [9.17, 15) is 0 Å². The zero-order valence-electron chi connectivity index (χ0n) is 13.3. The van der Waals surface area contributed by atoms with E-state index < -0.39 is 0 Å². The summed E-state index contributed by atoms with van der Waals surface area (Å²) in [7, 11) is 0. The molecule has 1 N–H and O–H groups in total. The van der Waals surface area contributed by atoms with Gasteiger partial charge in [-0.3, -0.25) is 4.98 Å².